The third kappa shape index (κ3) is 4.76. The summed E-state index contributed by atoms with van der Waals surface area (Å²) in [5, 5.41) is 14.1. The largest absolute Gasteiger partial charge is 0.355 e. The molecule has 0 atom stereocenters. The van der Waals surface area contributed by atoms with E-state index >= 15 is 0 Å². The highest BCUT2D eigenvalue weighted by molar-refractivity contribution is 9.10. The van der Waals surface area contributed by atoms with Crippen LogP contribution in [0.15, 0.2) is 53.3 Å². The lowest BCUT2D eigenvalue weighted by Gasteiger charge is -2.11. The van der Waals surface area contributed by atoms with Crippen LogP contribution in [0.4, 0.5) is 27.4 Å². The monoisotopic (exact) mass is 480 g/mol. The Kier molecular flexibility index (Phi) is 6.20. The van der Waals surface area contributed by atoms with Crippen LogP contribution in [0.2, 0.25) is 5.02 Å². The first kappa shape index (κ1) is 20.4. The number of hydrogen-bond acceptors (Lipinski definition) is 7. The van der Waals surface area contributed by atoms with Gasteiger partial charge in [-0.25, -0.2) is 14.4 Å². The van der Waals surface area contributed by atoms with Gasteiger partial charge in [0.1, 0.15) is 12.1 Å². The van der Waals surface area contributed by atoms with Crippen LogP contribution in [0.3, 0.4) is 0 Å². The molecule has 2 aromatic carbocycles. The van der Waals surface area contributed by atoms with Gasteiger partial charge in [-0.05, 0) is 46.3 Å². The summed E-state index contributed by atoms with van der Waals surface area (Å²) < 4.78 is 13.9. The van der Waals surface area contributed by atoms with Crippen molar-refractivity contribution in [2.75, 3.05) is 10.7 Å². The van der Waals surface area contributed by atoms with E-state index in [1.165, 1.54) is 12.1 Å². The molecule has 0 fully saturated rings. The van der Waals surface area contributed by atoms with Crippen molar-refractivity contribution in [1.82, 2.24) is 15.4 Å². The van der Waals surface area contributed by atoms with Crippen molar-refractivity contribution < 1.29 is 14.1 Å². The Bertz CT molecular complexity index is 1100. The Hall–Kier alpha value is -3.31. The number of benzene rings is 2. The third-order valence-electron chi connectivity index (χ3n) is 3.60. The SMILES string of the molecule is O=C(NNc1ncnc(Nc2ccc(F)c(Cl)c2)c1[N+](=O)[O-])c1ccccc1Br. The first-order valence-corrected chi connectivity index (χ1v) is 9.06. The smallest absolute Gasteiger partial charge is 0.334 e. The molecule has 9 nitrogen and oxygen atoms in total. The molecule has 0 bridgehead atoms. The fourth-order valence-electron chi connectivity index (χ4n) is 2.27. The first-order chi connectivity index (χ1) is 13.9. The van der Waals surface area contributed by atoms with Gasteiger partial charge >= 0.3 is 5.69 Å². The van der Waals surface area contributed by atoms with E-state index in [1.807, 2.05) is 0 Å². The lowest BCUT2D eigenvalue weighted by Crippen LogP contribution is -2.30. The number of carbonyl (C=O) groups is 1. The van der Waals surface area contributed by atoms with Gasteiger partial charge in [0, 0.05) is 10.2 Å². The number of rotatable bonds is 6. The van der Waals surface area contributed by atoms with Gasteiger partial charge in [-0.1, -0.05) is 23.7 Å². The maximum atomic E-state index is 13.3. The maximum Gasteiger partial charge on any atom is 0.355 e. The lowest BCUT2D eigenvalue weighted by molar-refractivity contribution is -0.383. The summed E-state index contributed by atoms with van der Waals surface area (Å²) in [6.45, 7) is 0. The van der Waals surface area contributed by atoms with Crippen LogP contribution in [0.25, 0.3) is 0 Å². The van der Waals surface area contributed by atoms with Crippen molar-refractivity contribution in [2.45, 2.75) is 0 Å². The normalized spacial score (nSPS) is 10.3. The molecule has 0 spiro atoms. The molecule has 0 saturated heterocycles. The molecule has 148 valence electrons. The highest BCUT2D eigenvalue weighted by atomic mass is 79.9. The Morgan fingerprint density at radius 2 is 1.90 bits per heavy atom. The number of carbonyl (C=O) groups excluding carboxylic acids is 1. The number of halogens is 3. The second kappa shape index (κ2) is 8.80. The highest BCUT2D eigenvalue weighted by Gasteiger charge is 2.24. The van der Waals surface area contributed by atoms with Crippen LogP contribution in [0.5, 0.6) is 0 Å². The summed E-state index contributed by atoms with van der Waals surface area (Å²) in [6, 6.07) is 10.4. The van der Waals surface area contributed by atoms with Crippen molar-refractivity contribution in [1.29, 1.82) is 0 Å². The Morgan fingerprint density at radius 1 is 1.17 bits per heavy atom. The van der Waals surface area contributed by atoms with Crippen LogP contribution in [-0.2, 0) is 0 Å². The second-order valence-electron chi connectivity index (χ2n) is 5.49. The number of nitrogens with one attached hydrogen (secondary N) is 3. The molecular weight excluding hydrogens is 471 g/mol. The maximum absolute atomic E-state index is 13.3. The predicted octanol–water partition coefficient (Wildman–Crippen LogP) is 4.44. The minimum atomic E-state index is -0.722. The van der Waals surface area contributed by atoms with E-state index in [-0.39, 0.29) is 22.3 Å². The van der Waals surface area contributed by atoms with Gasteiger partial charge in [0.15, 0.2) is 0 Å². The second-order valence-corrected chi connectivity index (χ2v) is 6.75. The molecule has 1 amide bonds. The van der Waals surface area contributed by atoms with Gasteiger partial charge in [-0.3, -0.25) is 25.8 Å². The van der Waals surface area contributed by atoms with Gasteiger partial charge < -0.3 is 5.32 Å². The van der Waals surface area contributed by atoms with Crippen LogP contribution >= 0.6 is 27.5 Å². The molecule has 0 unspecified atom stereocenters. The summed E-state index contributed by atoms with van der Waals surface area (Å²) in [5.74, 6) is -1.59. The Morgan fingerprint density at radius 3 is 2.59 bits per heavy atom. The van der Waals surface area contributed by atoms with Crippen molar-refractivity contribution in [2.24, 2.45) is 0 Å². The summed E-state index contributed by atoms with van der Waals surface area (Å²) in [4.78, 5) is 30.8. The lowest BCUT2D eigenvalue weighted by atomic mass is 10.2. The number of nitro groups is 1. The van der Waals surface area contributed by atoms with E-state index in [0.29, 0.717) is 10.0 Å². The van der Waals surface area contributed by atoms with E-state index in [2.05, 4.69) is 42.1 Å². The van der Waals surface area contributed by atoms with E-state index in [4.69, 9.17) is 11.6 Å². The number of hydrazine groups is 1. The fourth-order valence-corrected chi connectivity index (χ4v) is 2.92. The van der Waals surface area contributed by atoms with Crippen LogP contribution in [-0.4, -0.2) is 20.8 Å². The van der Waals surface area contributed by atoms with Crippen molar-refractivity contribution in [3.63, 3.8) is 0 Å². The van der Waals surface area contributed by atoms with E-state index in [9.17, 15) is 19.3 Å². The van der Waals surface area contributed by atoms with Gasteiger partial charge in [0.2, 0.25) is 11.6 Å². The van der Waals surface area contributed by atoms with E-state index < -0.39 is 22.3 Å². The quantitative estimate of drug-likeness (QED) is 0.351. The van der Waals surface area contributed by atoms with Crippen molar-refractivity contribution >= 4 is 56.4 Å². The third-order valence-corrected chi connectivity index (χ3v) is 4.58. The average Bonchev–Trinajstić information content (AvgIpc) is 2.69. The molecule has 0 radical (unpaired) electrons. The molecule has 0 aliphatic rings. The Labute approximate surface area is 176 Å². The molecule has 1 heterocycles. The minimum Gasteiger partial charge on any atom is -0.334 e. The van der Waals surface area contributed by atoms with Crippen molar-refractivity contribution in [3.05, 3.63) is 79.8 Å². The first-order valence-electron chi connectivity index (χ1n) is 7.89. The van der Waals surface area contributed by atoms with Crippen LogP contribution < -0.4 is 16.2 Å². The molecule has 0 aliphatic carbocycles. The average molecular weight is 482 g/mol. The summed E-state index contributed by atoms with van der Waals surface area (Å²) in [5.41, 5.74) is 4.84. The molecule has 3 aromatic rings. The van der Waals surface area contributed by atoms with E-state index in [1.54, 1.807) is 24.3 Å². The molecule has 12 heteroatoms. The Balaban J connectivity index is 1.85. The zero-order valence-electron chi connectivity index (χ0n) is 14.3. The number of aromatic nitrogens is 2. The number of anilines is 3. The minimum absolute atomic E-state index is 0.161. The summed E-state index contributed by atoms with van der Waals surface area (Å²) >= 11 is 8.97. The zero-order chi connectivity index (χ0) is 21.0. The molecular formula is C17H11BrClFN6O3. The standard InChI is InChI=1S/C17H11BrClFN6O3/c18-11-4-2-1-3-10(11)17(27)25-24-16-14(26(28)29)15(21-8-22-16)23-9-5-6-13(20)12(19)7-9/h1-8H,(H,25,27)(H2,21,22,23,24). The topological polar surface area (TPSA) is 122 Å². The summed E-state index contributed by atoms with van der Waals surface area (Å²) in [7, 11) is 0. The summed E-state index contributed by atoms with van der Waals surface area (Å²) in [6.07, 6.45) is 1.06. The molecule has 1 aromatic heterocycles. The fraction of sp³-hybridized carbons (Fsp3) is 0. The number of amides is 1. The van der Waals surface area contributed by atoms with Crippen molar-refractivity contribution in [3.8, 4) is 0 Å². The van der Waals surface area contributed by atoms with Crippen LogP contribution in [0, 0.1) is 15.9 Å². The highest BCUT2D eigenvalue weighted by Crippen LogP contribution is 2.31. The van der Waals surface area contributed by atoms with Crippen LogP contribution in [0.1, 0.15) is 10.4 Å². The molecule has 0 saturated carbocycles. The number of hydrogen-bond donors (Lipinski definition) is 3. The predicted molar refractivity (Wildman–Crippen MR) is 109 cm³/mol. The van der Waals surface area contributed by atoms with Gasteiger partial charge in [0.05, 0.1) is 15.5 Å². The number of nitrogens with zero attached hydrogens (tertiary/aromatic N) is 3. The molecule has 0 aliphatic heterocycles. The van der Waals surface area contributed by atoms with Gasteiger partial charge in [0.25, 0.3) is 5.91 Å². The molecule has 29 heavy (non-hydrogen) atoms. The zero-order valence-corrected chi connectivity index (χ0v) is 16.7. The molecule has 3 rings (SSSR count). The van der Waals surface area contributed by atoms with Gasteiger partial charge in [-0.2, -0.15) is 0 Å². The van der Waals surface area contributed by atoms with E-state index in [0.717, 1.165) is 12.4 Å². The molecule has 3 N–H and O–H groups in total. The van der Waals surface area contributed by atoms with Gasteiger partial charge in [-0.15, -0.1) is 0 Å².